The van der Waals surface area contributed by atoms with Gasteiger partial charge in [-0.3, -0.25) is 9.59 Å². The van der Waals surface area contributed by atoms with Crippen LogP contribution in [0.5, 0.6) is 0 Å². The molecule has 0 aromatic heterocycles. The van der Waals surface area contributed by atoms with E-state index in [1.807, 2.05) is 60.7 Å². The van der Waals surface area contributed by atoms with Crippen LogP contribution in [0.25, 0.3) is 0 Å². The Morgan fingerprint density at radius 3 is 2.09 bits per heavy atom. The van der Waals surface area contributed by atoms with E-state index in [1.54, 1.807) is 0 Å². The van der Waals surface area contributed by atoms with Crippen molar-refractivity contribution in [3.05, 3.63) is 71.8 Å². The van der Waals surface area contributed by atoms with Crippen molar-refractivity contribution in [2.24, 2.45) is 0 Å². The summed E-state index contributed by atoms with van der Waals surface area (Å²) in [5, 5.41) is 2.74. The largest absolute Gasteiger partial charge is 0.461 e. The Balaban J connectivity index is 1.57. The van der Waals surface area contributed by atoms with Gasteiger partial charge in [-0.1, -0.05) is 60.7 Å². The first-order chi connectivity index (χ1) is 11.2. The number of carbonyl (C=O) groups excluding carboxylic acids is 2. The van der Waals surface area contributed by atoms with Crippen LogP contribution in [0, 0.1) is 0 Å². The minimum absolute atomic E-state index is 0.0512. The molecule has 0 unspecified atom stereocenters. The molecule has 0 aliphatic heterocycles. The zero-order valence-corrected chi connectivity index (χ0v) is 13.0. The van der Waals surface area contributed by atoms with Crippen LogP contribution in [-0.2, 0) is 27.4 Å². The standard InChI is InChI=1S/C19H21NO3/c21-18(12-11-16-7-3-1-4-8-16)20-14-13-19(22)23-15-17-9-5-2-6-10-17/h1-10H,11-15H2,(H,20,21). The maximum absolute atomic E-state index is 11.7. The van der Waals surface area contributed by atoms with Crippen molar-refractivity contribution in [2.45, 2.75) is 25.9 Å². The van der Waals surface area contributed by atoms with Crippen LogP contribution in [0.1, 0.15) is 24.0 Å². The van der Waals surface area contributed by atoms with E-state index >= 15 is 0 Å². The van der Waals surface area contributed by atoms with Gasteiger partial charge in [-0.2, -0.15) is 0 Å². The van der Waals surface area contributed by atoms with Gasteiger partial charge in [-0.25, -0.2) is 0 Å². The molecule has 2 rings (SSSR count). The second kappa shape index (κ2) is 9.41. The van der Waals surface area contributed by atoms with Crippen molar-refractivity contribution < 1.29 is 14.3 Å². The summed E-state index contributed by atoms with van der Waals surface area (Å²) in [4.78, 5) is 23.3. The molecule has 4 nitrogen and oxygen atoms in total. The molecule has 0 saturated carbocycles. The van der Waals surface area contributed by atoms with Gasteiger partial charge >= 0.3 is 5.97 Å². The highest BCUT2D eigenvalue weighted by Gasteiger charge is 2.06. The van der Waals surface area contributed by atoms with Gasteiger partial charge < -0.3 is 10.1 Å². The summed E-state index contributed by atoms with van der Waals surface area (Å²) < 4.78 is 5.15. The number of amides is 1. The third-order valence-electron chi connectivity index (χ3n) is 3.38. The van der Waals surface area contributed by atoms with Gasteiger partial charge in [0.25, 0.3) is 0 Å². The van der Waals surface area contributed by atoms with Gasteiger partial charge in [0.15, 0.2) is 0 Å². The van der Waals surface area contributed by atoms with Crippen molar-refractivity contribution >= 4 is 11.9 Å². The molecule has 23 heavy (non-hydrogen) atoms. The number of benzene rings is 2. The summed E-state index contributed by atoms with van der Waals surface area (Å²) in [6.07, 6.45) is 1.30. The van der Waals surface area contributed by atoms with E-state index in [-0.39, 0.29) is 24.9 Å². The Kier molecular flexibility index (Phi) is 6.85. The number of hydrogen-bond acceptors (Lipinski definition) is 3. The van der Waals surface area contributed by atoms with E-state index in [0.29, 0.717) is 19.4 Å². The maximum atomic E-state index is 11.7. The van der Waals surface area contributed by atoms with E-state index in [1.165, 1.54) is 0 Å². The Hall–Kier alpha value is -2.62. The van der Waals surface area contributed by atoms with Crippen LogP contribution in [0.4, 0.5) is 0 Å². The molecule has 0 saturated heterocycles. The van der Waals surface area contributed by atoms with E-state index in [9.17, 15) is 9.59 Å². The van der Waals surface area contributed by atoms with Crippen molar-refractivity contribution in [3.63, 3.8) is 0 Å². The van der Waals surface area contributed by atoms with Crippen molar-refractivity contribution in [2.75, 3.05) is 6.54 Å². The second-order valence-electron chi connectivity index (χ2n) is 5.23. The predicted molar refractivity (Wildman–Crippen MR) is 88.6 cm³/mol. The lowest BCUT2D eigenvalue weighted by molar-refractivity contribution is -0.144. The molecular formula is C19H21NO3. The average Bonchev–Trinajstić information content (AvgIpc) is 2.60. The molecule has 1 N–H and O–H groups in total. The molecule has 4 heteroatoms. The third-order valence-corrected chi connectivity index (χ3v) is 3.38. The van der Waals surface area contributed by atoms with Crippen molar-refractivity contribution in [3.8, 4) is 0 Å². The fraction of sp³-hybridized carbons (Fsp3) is 0.263. The van der Waals surface area contributed by atoms with Crippen LogP contribution in [0.15, 0.2) is 60.7 Å². The number of carbonyl (C=O) groups is 2. The van der Waals surface area contributed by atoms with Crippen LogP contribution < -0.4 is 5.32 Å². The number of esters is 1. The second-order valence-corrected chi connectivity index (χ2v) is 5.23. The molecule has 0 aliphatic rings. The smallest absolute Gasteiger partial charge is 0.307 e. The SMILES string of the molecule is O=C(CCc1ccccc1)NCCC(=O)OCc1ccccc1. The minimum atomic E-state index is -0.308. The Bertz CT molecular complexity index is 556. The minimum Gasteiger partial charge on any atom is -0.461 e. The first-order valence-electron chi connectivity index (χ1n) is 7.74. The summed E-state index contributed by atoms with van der Waals surface area (Å²) >= 11 is 0. The molecule has 0 bridgehead atoms. The van der Waals surface area contributed by atoms with E-state index in [2.05, 4.69) is 5.32 Å². The zero-order valence-electron chi connectivity index (χ0n) is 13.0. The molecule has 0 spiro atoms. The molecule has 0 fully saturated rings. The predicted octanol–water partition coefficient (Wildman–Crippen LogP) is 2.87. The Labute approximate surface area is 136 Å². The van der Waals surface area contributed by atoms with Crippen molar-refractivity contribution in [1.29, 1.82) is 0 Å². The summed E-state index contributed by atoms with van der Waals surface area (Å²) in [5.41, 5.74) is 2.08. The van der Waals surface area contributed by atoms with Gasteiger partial charge in [-0.15, -0.1) is 0 Å². The van der Waals surface area contributed by atoms with Gasteiger partial charge in [0.2, 0.25) is 5.91 Å². The quantitative estimate of drug-likeness (QED) is 0.763. The lowest BCUT2D eigenvalue weighted by Gasteiger charge is -2.06. The molecule has 120 valence electrons. The van der Waals surface area contributed by atoms with Gasteiger partial charge in [0.05, 0.1) is 6.42 Å². The molecular weight excluding hydrogens is 290 g/mol. The molecule has 0 aliphatic carbocycles. The van der Waals surface area contributed by atoms with Gasteiger partial charge in [0, 0.05) is 13.0 Å². The topological polar surface area (TPSA) is 55.4 Å². The Morgan fingerprint density at radius 2 is 1.43 bits per heavy atom. The van der Waals surface area contributed by atoms with Crippen LogP contribution in [0.2, 0.25) is 0 Å². The highest BCUT2D eigenvalue weighted by atomic mass is 16.5. The summed E-state index contributed by atoms with van der Waals surface area (Å²) in [7, 11) is 0. The summed E-state index contributed by atoms with van der Waals surface area (Å²) in [6.45, 7) is 0.572. The monoisotopic (exact) mass is 311 g/mol. The molecule has 0 atom stereocenters. The summed E-state index contributed by atoms with van der Waals surface area (Å²) in [6, 6.07) is 19.4. The number of aryl methyl sites for hydroxylation is 1. The van der Waals surface area contributed by atoms with E-state index in [0.717, 1.165) is 11.1 Å². The van der Waals surface area contributed by atoms with Gasteiger partial charge in [-0.05, 0) is 17.5 Å². The normalized spacial score (nSPS) is 10.1. The van der Waals surface area contributed by atoms with Crippen LogP contribution in [-0.4, -0.2) is 18.4 Å². The lowest BCUT2D eigenvalue weighted by Crippen LogP contribution is -2.26. The average molecular weight is 311 g/mol. The molecule has 1 amide bonds. The molecule has 0 radical (unpaired) electrons. The highest BCUT2D eigenvalue weighted by molar-refractivity contribution is 5.77. The fourth-order valence-electron chi connectivity index (χ4n) is 2.11. The van der Waals surface area contributed by atoms with Crippen LogP contribution in [0.3, 0.4) is 0 Å². The van der Waals surface area contributed by atoms with Crippen LogP contribution >= 0.6 is 0 Å². The Morgan fingerprint density at radius 1 is 0.826 bits per heavy atom. The van der Waals surface area contributed by atoms with Gasteiger partial charge in [0.1, 0.15) is 6.61 Å². The zero-order chi connectivity index (χ0) is 16.3. The molecule has 0 heterocycles. The lowest BCUT2D eigenvalue weighted by atomic mass is 10.1. The fourth-order valence-corrected chi connectivity index (χ4v) is 2.11. The van der Waals surface area contributed by atoms with E-state index in [4.69, 9.17) is 4.74 Å². The third kappa shape index (κ3) is 6.78. The molecule has 2 aromatic rings. The first kappa shape index (κ1) is 16.7. The number of ether oxygens (including phenoxy) is 1. The summed E-state index contributed by atoms with van der Waals surface area (Å²) in [5.74, 6) is -0.359. The maximum Gasteiger partial charge on any atom is 0.307 e. The number of rotatable bonds is 8. The van der Waals surface area contributed by atoms with Crippen molar-refractivity contribution in [1.82, 2.24) is 5.32 Å². The molecule has 2 aromatic carbocycles. The highest BCUT2D eigenvalue weighted by Crippen LogP contribution is 2.03. The first-order valence-corrected chi connectivity index (χ1v) is 7.74. The number of hydrogen-bond donors (Lipinski definition) is 1. The van der Waals surface area contributed by atoms with E-state index < -0.39 is 0 Å². The number of nitrogens with one attached hydrogen (secondary N) is 1.